The summed E-state index contributed by atoms with van der Waals surface area (Å²) in [6.45, 7) is 1.32. The molecule has 1 fully saturated rings. The van der Waals surface area contributed by atoms with E-state index in [9.17, 15) is 9.59 Å². The van der Waals surface area contributed by atoms with Crippen molar-refractivity contribution in [2.45, 2.75) is 30.6 Å². The van der Waals surface area contributed by atoms with E-state index in [1.165, 1.54) is 7.11 Å². The minimum Gasteiger partial charge on any atom is -0.453 e. The summed E-state index contributed by atoms with van der Waals surface area (Å²) >= 11 is 1.15. The normalized spacial score (nSPS) is 17.9. The summed E-state index contributed by atoms with van der Waals surface area (Å²) in [6, 6.07) is 0. The van der Waals surface area contributed by atoms with Crippen LogP contribution in [0, 0.1) is 0 Å². The number of alkyl carbamates (subject to hydrolysis) is 1. The molecule has 110 valence electrons. The van der Waals surface area contributed by atoms with Crippen LogP contribution >= 0.6 is 11.8 Å². The molecule has 1 aromatic heterocycles. The first kappa shape index (κ1) is 14.7. The highest BCUT2D eigenvalue weighted by Gasteiger charge is 2.19. The lowest BCUT2D eigenvalue weighted by atomic mass is 10.2. The number of hydrogen-bond acceptors (Lipinski definition) is 8. The van der Waals surface area contributed by atoms with Crippen molar-refractivity contribution in [3.05, 3.63) is 0 Å². The van der Waals surface area contributed by atoms with E-state index in [1.807, 2.05) is 0 Å². The van der Waals surface area contributed by atoms with E-state index in [2.05, 4.69) is 25.6 Å². The van der Waals surface area contributed by atoms with E-state index in [0.29, 0.717) is 11.7 Å². The molecule has 0 aliphatic carbocycles. The summed E-state index contributed by atoms with van der Waals surface area (Å²) in [7, 11) is 1.19. The first-order valence-electron chi connectivity index (χ1n) is 6.07. The number of aromatic nitrogens is 4. The summed E-state index contributed by atoms with van der Waals surface area (Å²) in [5, 5.41) is 13.9. The molecular formula is C10H15N5O4S. The molecule has 1 atom stereocenters. The van der Waals surface area contributed by atoms with Crippen molar-refractivity contribution in [1.29, 1.82) is 0 Å². The molecule has 1 aliphatic rings. The molecule has 2 amide bonds. The van der Waals surface area contributed by atoms with Crippen molar-refractivity contribution in [2.24, 2.45) is 0 Å². The minimum absolute atomic E-state index is 0.0288. The lowest BCUT2D eigenvalue weighted by Crippen LogP contribution is -2.31. The second-order valence-electron chi connectivity index (χ2n) is 4.11. The molecule has 1 saturated heterocycles. The van der Waals surface area contributed by atoms with Crippen molar-refractivity contribution in [2.75, 3.05) is 19.5 Å². The highest BCUT2D eigenvalue weighted by Crippen LogP contribution is 2.18. The molecule has 2 heterocycles. The minimum atomic E-state index is -0.783. The van der Waals surface area contributed by atoms with E-state index in [0.717, 1.165) is 31.2 Å². The first-order valence-corrected chi connectivity index (χ1v) is 7.06. The lowest BCUT2D eigenvalue weighted by Gasteiger charge is -2.09. The Kier molecular flexibility index (Phi) is 5.30. The van der Waals surface area contributed by atoms with Crippen LogP contribution in [0.4, 0.5) is 4.79 Å². The van der Waals surface area contributed by atoms with Gasteiger partial charge < -0.3 is 9.47 Å². The molecule has 2 rings (SSSR count). The van der Waals surface area contributed by atoms with E-state index in [1.54, 1.807) is 4.68 Å². The van der Waals surface area contributed by atoms with Crippen LogP contribution in [0.1, 0.15) is 12.8 Å². The smallest absolute Gasteiger partial charge is 0.413 e. The van der Waals surface area contributed by atoms with Gasteiger partial charge in [0.25, 0.3) is 0 Å². The molecule has 10 heteroatoms. The Morgan fingerprint density at radius 1 is 1.60 bits per heavy atom. The average Bonchev–Trinajstić information content (AvgIpc) is 3.08. The summed E-state index contributed by atoms with van der Waals surface area (Å²) in [5.41, 5.74) is 0. The van der Waals surface area contributed by atoms with Crippen molar-refractivity contribution in [3.63, 3.8) is 0 Å². The monoisotopic (exact) mass is 301 g/mol. The number of methoxy groups -OCH3 is 1. The van der Waals surface area contributed by atoms with Crippen LogP contribution in [-0.2, 0) is 20.8 Å². The Balaban J connectivity index is 1.82. The van der Waals surface area contributed by atoms with Gasteiger partial charge in [-0.05, 0) is 23.3 Å². The van der Waals surface area contributed by atoms with Crippen molar-refractivity contribution in [3.8, 4) is 0 Å². The van der Waals surface area contributed by atoms with Gasteiger partial charge >= 0.3 is 6.09 Å². The van der Waals surface area contributed by atoms with Crippen LogP contribution in [0.3, 0.4) is 0 Å². The maximum atomic E-state index is 11.4. The van der Waals surface area contributed by atoms with Gasteiger partial charge in [-0.3, -0.25) is 10.1 Å². The zero-order valence-electron chi connectivity index (χ0n) is 10.9. The largest absolute Gasteiger partial charge is 0.453 e. The van der Waals surface area contributed by atoms with Gasteiger partial charge in [0.2, 0.25) is 11.1 Å². The quantitative estimate of drug-likeness (QED) is 0.747. The molecule has 0 spiro atoms. The lowest BCUT2D eigenvalue weighted by molar-refractivity contribution is -0.117. The Morgan fingerprint density at radius 3 is 3.15 bits per heavy atom. The Hall–Kier alpha value is -1.68. The number of rotatable bonds is 5. The molecule has 9 nitrogen and oxygen atoms in total. The van der Waals surface area contributed by atoms with E-state index >= 15 is 0 Å². The van der Waals surface area contributed by atoms with Crippen molar-refractivity contribution in [1.82, 2.24) is 25.5 Å². The zero-order chi connectivity index (χ0) is 14.4. The van der Waals surface area contributed by atoms with E-state index in [4.69, 9.17) is 4.74 Å². The maximum absolute atomic E-state index is 11.4. The number of thioether (sulfide) groups is 1. The summed E-state index contributed by atoms with van der Waals surface area (Å²) in [4.78, 5) is 22.3. The predicted octanol–water partition coefficient (Wildman–Crippen LogP) is -0.173. The molecule has 1 aromatic rings. The number of imide groups is 1. The average molecular weight is 301 g/mol. The van der Waals surface area contributed by atoms with Crippen LogP contribution < -0.4 is 5.32 Å². The number of carbonyl (C=O) groups is 2. The summed E-state index contributed by atoms with van der Waals surface area (Å²) in [5.74, 6) is -0.436. The zero-order valence-corrected chi connectivity index (χ0v) is 11.8. The van der Waals surface area contributed by atoms with Crippen molar-refractivity contribution < 1.29 is 19.1 Å². The molecule has 1 N–H and O–H groups in total. The second-order valence-corrected chi connectivity index (χ2v) is 5.05. The fraction of sp³-hybridized carbons (Fsp3) is 0.700. The van der Waals surface area contributed by atoms with Gasteiger partial charge in [0.15, 0.2) is 0 Å². The Bertz CT molecular complexity index is 474. The third-order valence-electron chi connectivity index (χ3n) is 2.66. The standard InChI is InChI=1S/C10H15N5O4S/c1-18-10(17)11-8(16)6-20-9-12-13-14-15(9)5-7-3-2-4-19-7/h7H,2-6H2,1H3,(H,11,16,17)/t7-/m1/s1. The Morgan fingerprint density at radius 2 is 2.45 bits per heavy atom. The fourth-order valence-corrected chi connectivity index (χ4v) is 2.41. The number of carbonyl (C=O) groups excluding carboxylic acids is 2. The molecule has 0 bridgehead atoms. The molecule has 0 aromatic carbocycles. The third-order valence-corrected chi connectivity index (χ3v) is 3.62. The van der Waals surface area contributed by atoms with Crippen LogP contribution in [0.5, 0.6) is 0 Å². The topological polar surface area (TPSA) is 108 Å². The SMILES string of the molecule is COC(=O)NC(=O)CSc1nnnn1C[C@H]1CCCO1. The highest BCUT2D eigenvalue weighted by molar-refractivity contribution is 7.99. The maximum Gasteiger partial charge on any atom is 0.413 e. The van der Waals surface area contributed by atoms with E-state index in [-0.39, 0.29) is 11.9 Å². The first-order chi connectivity index (χ1) is 9.69. The summed E-state index contributed by atoms with van der Waals surface area (Å²) < 4.78 is 11.4. The Labute approximate surface area is 119 Å². The number of nitrogens with zero attached hydrogens (tertiary/aromatic N) is 4. The molecule has 0 radical (unpaired) electrons. The molecule has 0 unspecified atom stereocenters. The number of hydrogen-bond donors (Lipinski definition) is 1. The number of ether oxygens (including phenoxy) is 2. The predicted molar refractivity (Wildman–Crippen MR) is 68.1 cm³/mol. The van der Waals surface area contributed by atoms with Gasteiger partial charge in [0.05, 0.1) is 25.5 Å². The van der Waals surface area contributed by atoms with Gasteiger partial charge in [-0.15, -0.1) is 5.10 Å². The number of amides is 2. The van der Waals surface area contributed by atoms with Crippen LogP contribution in [-0.4, -0.2) is 57.8 Å². The van der Waals surface area contributed by atoms with Gasteiger partial charge in [-0.1, -0.05) is 11.8 Å². The molecule has 1 aliphatic heterocycles. The van der Waals surface area contributed by atoms with Crippen LogP contribution in [0.2, 0.25) is 0 Å². The second kappa shape index (κ2) is 7.20. The van der Waals surface area contributed by atoms with Gasteiger partial charge in [0, 0.05) is 6.61 Å². The summed E-state index contributed by atoms with van der Waals surface area (Å²) in [6.07, 6.45) is 1.35. The number of tetrazole rings is 1. The third kappa shape index (κ3) is 4.17. The van der Waals surface area contributed by atoms with Gasteiger partial charge in [-0.2, -0.15) is 0 Å². The molecule has 20 heavy (non-hydrogen) atoms. The van der Waals surface area contributed by atoms with Crippen LogP contribution in [0.25, 0.3) is 0 Å². The fourth-order valence-electron chi connectivity index (χ4n) is 1.73. The van der Waals surface area contributed by atoms with Crippen LogP contribution in [0.15, 0.2) is 5.16 Å². The van der Waals surface area contributed by atoms with E-state index < -0.39 is 12.0 Å². The van der Waals surface area contributed by atoms with Gasteiger partial charge in [0.1, 0.15) is 0 Å². The molecular weight excluding hydrogens is 286 g/mol. The van der Waals surface area contributed by atoms with Crippen molar-refractivity contribution >= 4 is 23.8 Å². The molecule has 0 saturated carbocycles. The van der Waals surface area contributed by atoms with Gasteiger partial charge in [-0.25, -0.2) is 9.48 Å². The highest BCUT2D eigenvalue weighted by atomic mass is 32.2. The number of nitrogens with one attached hydrogen (secondary N) is 1.